The second-order valence-electron chi connectivity index (χ2n) is 5.61. The van der Waals surface area contributed by atoms with E-state index in [0.29, 0.717) is 10.8 Å². The van der Waals surface area contributed by atoms with Crippen LogP contribution in [-0.2, 0) is 10.0 Å². The fourth-order valence-electron chi connectivity index (χ4n) is 2.50. The predicted octanol–water partition coefficient (Wildman–Crippen LogP) is 3.15. The van der Waals surface area contributed by atoms with Crippen molar-refractivity contribution in [2.75, 3.05) is 0 Å². The molecule has 0 bridgehead atoms. The Balaban J connectivity index is 2.23. The van der Waals surface area contributed by atoms with Crippen molar-refractivity contribution in [3.63, 3.8) is 0 Å². The topological polar surface area (TPSA) is 58.5 Å². The molecule has 1 N–H and O–H groups in total. The Labute approximate surface area is 121 Å². The van der Waals surface area contributed by atoms with Crippen molar-refractivity contribution >= 4 is 15.7 Å². The summed E-state index contributed by atoms with van der Waals surface area (Å²) in [6.07, 6.45) is 4.26. The van der Waals surface area contributed by atoms with Gasteiger partial charge in [0.05, 0.1) is 4.90 Å². The van der Waals surface area contributed by atoms with Gasteiger partial charge in [-0.05, 0) is 56.2 Å². The number of aryl methyl sites for hydroxylation is 2. The summed E-state index contributed by atoms with van der Waals surface area (Å²) in [5.74, 6) is 0.366. The third kappa shape index (κ3) is 3.39. The van der Waals surface area contributed by atoms with E-state index >= 15 is 0 Å². The molecule has 0 radical (unpaired) electrons. The lowest BCUT2D eigenvalue weighted by molar-refractivity contribution is 0.552. The molecule has 0 aliphatic heterocycles. The maximum Gasteiger partial charge on any atom is 0.276 e. The predicted molar refractivity (Wildman–Crippen MR) is 81.3 cm³/mol. The van der Waals surface area contributed by atoms with E-state index in [1.807, 2.05) is 19.1 Å². The smallest absolute Gasteiger partial charge is 0.200 e. The third-order valence-electron chi connectivity index (χ3n) is 3.83. The van der Waals surface area contributed by atoms with Crippen LogP contribution in [-0.4, -0.2) is 14.1 Å². The highest BCUT2D eigenvalue weighted by molar-refractivity contribution is 7.89. The van der Waals surface area contributed by atoms with Crippen LogP contribution in [0, 0.1) is 19.8 Å². The number of hydrazone groups is 1. The molecule has 0 amide bonds. The summed E-state index contributed by atoms with van der Waals surface area (Å²) in [4.78, 5) is 2.71. The monoisotopic (exact) mass is 294 g/mol. The number of hydrogen-bond donors (Lipinski definition) is 1. The average Bonchev–Trinajstić information content (AvgIpc) is 2.40. The van der Waals surface area contributed by atoms with Crippen LogP contribution in [0.5, 0.6) is 0 Å². The number of hydrogen-bond acceptors (Lipinski definition) is 3. The first-order chi connectivity index (χ1) is 9.40. The lowest BCUT2D eigenvalue weighted by Gasteiger charge is -2.20. The molecule has 0 aromatic heterocycles. The normalized spacial score (nSPS) is 21.9. The van der Waals surface area contributed by atoms with Crippen LogP contribution in [0.1, 0.15) is 43.7 Å². The van der Waals surface area contributed by atoms with Gasteiger partial charge in [0.1, 0.15) is 0 Å². The van der Waals surface area contributed by atoms with Crippen molar-refractivity contribution in [2.24, 2.45) is 11.0 Å². The van der Waals surface area contributed by atoms with Crippen LogP contribution in [0.3, 0.4) is 0 Å². The third-order valence-corrected chi connectivity index (χ3v) is 5.18. The molecule has 5 heteroatoms. The summed E-state index contributed by atoms with van der Waals surface area (Å²) in [6, 6.07) is 5.41. The van der Waals surface area contributed by atoms with Crippen LogP contribution in [0.15, 0.2) is 28.2 Å². The number of nitrogens with one attached hydrogen (secondary N) is 1. The van der Waals surface area contributed by atoms with Crippen LogP contribution in [0.2, 0.25) is 0 Å². The maximum atomic E-state index is 12.3. The van der Waals surface area contributed by atoms with Gasteiger partial charge in [-0.1, -0.05) is 25.5 Å². The van der Waals surface area contributed by atoms with Crippen molar-refractivity contribution in [3.8, 4) is 0 Å². The van der Waals surface area contributed by atoms with Crippen LogP contribution in [0.25, 0.3) is 0 Å². The van der Waals surface area contributed by atoms with E-state index in [2.05, 4.69) is 16.9 Å². The number of sulfonamides is 1. The first kappa shape index (κ1) is 15.0. The molecule has 20 heavy (non-hydrogen) atoms. The zero-order valence-electron chi connectivity index (χ0n) is 12.3. The minimum Gasteiger partial charge on any atom is -0.200 e. The fraction of sp³-hybridized carbons (Fsp3) is 0.533. The second-order valence-corrected chi connectivity index (χ2v) is 7.24. The molecule has 1 aromatic rings. The SMILES string of the molecule is Cc1ccc(C)c(S(=O)(=O)N/N=C2/CCCC[C@H]2C)c1. The molecule has 1 atom stereocenters. The van der Waals surface area contributed by atoms with Crippen LogP contribution in [0.4, 0.5) is 0 Å². The first-order valence-electron chi connectivity index (χ1n) is 7.05. The number of nitrogens with zero attached hydrogens (tertiary/aromatic N) is 1. The second kappa shape index (κ2) is 5.95. The molecule has 4 nitrogen and oxygen atoms in total. The first-order valence-corrected chi connectivity index (χ1v) is 8.54. The molecule has 0 heterocycles. The van der Waals surface area contributed by atoms with Gasteiger partial charge >= 0.3 is 0 Å². The standard InChI is InChI=1S/C15H22N2O2S/c1-11-8-9-13(3)15(10-11)20(18,19)17-16-14-7-5-4-6-12(14)2/h8-10,12,17H,4-7H2,1-3H3/b16-14-/t12-/m1/s1. The Morgan fingerprint density at radius 3 is 2.70 bits per heavy atom. The van der Waals surface area contributed by atoms with Gasteiger partial charge in [0, 0.05) is 5.71 Å². The van der Waals surface area contributed by atoms with E-state index in [1.54, 1.807) is 13.0 Å². The molecule has 2 rings (SSSR count). The number of benzene rings is 1. The summed E-state index contributed by atoms with van der Waals surface area (Å²) >= 11 is 0. The Morgan fingerprint density at radius 2 is 2.00 bits per heavy atom. The quantitative estimate of drug-likeness (QED) is 0.871. The Hall–Kier alpha value is -1.36. The molecule has 1 aliphatic carbocycles. The number of rotatable bonds is 3. The van der Waals surface area contributed by atoms with E-state index in [9.17, 15) is 8.42 Å². The minimum absolute atomic E-state index is 0.310. The molecule has 1 aliphatic rings. The molecule has 0 spiro atoms. The molecule has 1 aromatic carbocycles. The molecule has 1 fully saturated rings. The molecule has 1 saturated carbocycles. The van der Waals surface area contributed by atoms with Gasteiger partial charge in [-0.15, -0.1) is 0 Å². The van der Waals surface area contributed by atoms with Gasteiger partial charge in [0.15, 0.2) is 0 Å². The highest BCUT2D eigenvalue weighted by Crippen LogP contribution is 2.21. The van der Waals surface area contributed by atoms with Gasteiger partial charge in [0.2, 0.25) is 0 Å². The van der Waals surface area contributed by atoms with Crippen molar-refractivity contribution < 1.29 is 8.42 Å². The minimum atomic E-state index is -3.57. The Morgan fingerprint density at radius 1 is 1.25 bits per heavy atom. The zero-order valence-corrected chi connectivity index (χ0v) is 13.1. The molecular formula is C15H22N2O2S. The highest BCUT2D eigenvalue weighted by atomic mass is 32.2. The van der Waals surface area contributed by atoms with Gasteiger partial charge in [-0.2, -0.15) is 13.5 Å². The van der Waals surface area contributed by atoms with E-state index in [-0.39, 0.29) is 0 Å². The van der Waals surface area contributed by atoms with Crippen molar-refractivity contribution in [2.45, 2.75) is 51.3 Å². The van der Waals surface area contributed by atoms with Gasteiger partial charge in [-0.25, -0.2) is 4.83 Å². The van der Waals surface area contributed by atoms with E-state index in [4.69, 9.17) is 0 Å². The van der Waals surface area contributed by atoms with E-state index in [1.165, 1.54) is 6.42 Å². The molecular weight excluding hydrogens is 272 g/mol. The van der Waals surface area contributed by atoms with Crippen molar-refractivity contribution in [1.29, 1.82) is 0 Å². The summed E-state index contributed by atoms with van der Waals surface area (Å²) in [5, 5.41) is 4.16. The molecule has 0 saturated heterocycles. The average molecular weight is 294 g/mol. The van der Waals surface area contributed by atoms with Gasteiger partial charge in [-0.3, -0.25) is 0 Å². The summed E-state index contributed by atoms with van der Waals surface area (Å²) in [6.45, 7) is 5.78. The van der Waals surface area contributed by atoms with Gasteiger partial charge in [0.25, 0.3) is 10.0 Å². The fourth-order valence-corrected chi connectivity index (χ4v) is 3.67. The van der Waals surface area contributed by atoms with E-state index in [0.717, 1.165) is 36.1 Å². The summed E-state index contributed by atoms with van der Waals surface area (Å²) < 4.78 is 24.7. The lowest BCUT2D eigenvalue weighted by Crippen LogP contribution is -2.25. The van der Waals surface area contributed by atoms with E-state index < -0.39 is 10.0 Å². The van der Waals surface area contributed by atoms with Gasteiger partial charge < -0.3 is 0 Å². The zero-order chi connectivity index (χ0) is 14.8. The van der Waals surface area contributed by atoms with Crippen LogP contribution < -0.4 is 4.83 Å². The maximum absolute atomic E-state index is 12.3. The van der Waals surface area contributed by atoms with Crippen molar-refractivity contribution in [1.82, 2.24) is 4.83 Å². The largest absolute Gasteiger partial charge is 0.276 e. The highest BCUT2D eigenvalue weighted by Gasteiger charge is 2.19. The van der Waals surface area contributed by atoms with Crippen LogP contribution >= 0.6 is 0 Å². The summed E-state index contributed by atoms with van der Waals surface area (Å²) in [7, 11) is -3.57. The Kier molecular flexibility index (Phi) is 4.48. The summed E-state index contributed by atoms with van der Waals surface area (Å²) in [5.41, 5.74) is 2.62. The Bertz CT molecular complexity index is 621. The lowest BCUT2D eigenvalue weighted by atomic mass is 9.89. The molecule has 110 valence electrons. The molecule has 0 unspecified atom stereocenters. The van der Waals surface area contributed by atoms with Crippen molar-refractivity contribution in [3.05, 3.63) is 29.3 Å².